The molecule has 0 bridgehead atoms. The van der Waals surface area contributed by atoms with Crippen LogP contribution in [0.2, 0.25) is 0 Å². The Kier molecular flexibility index (Phi) is 2.82. The minimum Gasteiger partial charge on any atom is -0.480 e. The number of carbonyl (C=O) groups is 1. The van der Waals surface area contributed by atoms with E-state index >= 15 is 0 Å². The Bertz CT molecular complexity index is 508. The van der Waals surface area contributed by atoms with Crippen molar-refractivity contribution in [3.63, 3.8) is 0 Å². The van der Waals surface area contributed by atoms with Gasteiger partial charge >= 0.3 is 5.97 Å². The Morgan fingerprint density at radius 2 is 2.44 bits per heavy atom. The van der Waals surface area contributed by atoms with Crippen molar-refractivity contribution in [1.82, 2.24) is 20.5 Å². The summed E-state index contributed by atoms with van der Waals surface area (Å²) in [6, 6.07) is 1.30. The predicted octanol–water partition coefficient (Wildman–Crippen LogP) is 0.173. The quantitative estimate of drug-likeness (QED) is 0.683. The van der Waals surface area contributed by atoms with Gasteiger partial charge in [0.2, 0.25) is 0 Å². The number of H-pyrrole nitrogens is 1. The lowest BCUT2D eigenvalue weighted by molar-refractivity contribution is -0.139. The normalized spacial score (nSPS) is 12.8. The summed E-state index contributed by atoms with van der Waals surface area (Å²) in [5.41, 5.74) is 1.58. The third-order valence-corrected chi connectivity index (χ3v) is 2.43. The highest BCUT2D eigenvalue weighted by Gasteiger charge is 2.15. The smallest absolute Gasteiger partial charge is 0.321 e. The first-order valence-corrected chi connectivity index (χ1v) is 4.89. The number of nitrogens with one attached hydrogen (secondary N) is 2. The molecular formula is C10H12N4O2. The number of aromatic nitrogens is 3. The van der Waals surface area contributed by atoms with Gasteiger partial charge < -0.3 is 10.4 Å². The van der Waals surface area contributed by atoms with E-state index in [0.717, 1.165) is 10.9 Å². The number of fused-ring (bicyclic) bond motifs is 1. The molecule has 2 rings (SSSR count). The predicted molar refractivity (Wildman–Crippen MR) is 58.1 cm³/mol. The molecule has 0 spiro atoms. The fourth-order valence-electron chi connectivity index (χ4n) is 1.54. The fraction of sp³-hybridized carbons (Fsp3) is 0.300. The summed E-state index contributed by atoms with van der Waals surface area (Å²) in [5.74, 6) is -0.866. The molecule has 84 valence electrons. The number of hydrogen-bond donors (Lipinski definition) is 3. The Morgan fingerprint density at radius 1 is 1.62 bits per heavy atom. The average Bonchev–Trinajstić information content (AvgIpc) is 2.72. The van der Waals surface area contributed by atoms with Gasteiger partial charge in [0.15, 0.2) is 5.65 Å². The van der Waals surface area contributed by atoms with Gasteiger partial charge in [-0.05, 0) is 25.1 Å². The van der Waals surface area contributed by atoms with Crippen LogP contribution in [-0.4, -0.2) is 39.3 Å². The third-order valence-electron chi connectivity index (χ3n) is 2.43. The van der Waals surface area contributed by atoms with Gasteiger partial charge in [-0.3, -0.25) is 9.89 Å². The van der Waals surface area contributed by atoms with Gasteiger partial charge in [-0.1, -0.05) is 0 Å². The molecule has 2 aromatic heterocycles. The van der Waals surface area contributed by atoms with Gasteiger partial charge in [-0.25, -0.2) is 4.98 Å². The Labute approximate surface area is 91.7 Å². The molecule has 2 heterocycles. The van der Waals surface area contributed by atoms with Crippen LogP contribution in [0.15, 0.2) is 18.5 Å². The van der Waals surface area contributed by atoms with Crippen LogP contribution < -0.4 is 5.32 Å². The summed E-state index contributed by atoms with van der Waals surface area (Å²) >= 11 is 0. The van der Waals surface area contributed by atoms with Crippen molar-refractivity contribution >= 4 is 17.0 Å². The summed E-state index contributed by atoms with van der Waals surface area (Å²) in [4.78, 5) is 15.0. The molecule has 16 heavy (non-hydrogen) atoms. The molecule has 0 aliphatic heterocycles. The second-order valence-corrected chi connectivity index (χ2v) is 3.54. The molecule has 0 saturated heterocycles. The molecule has 0 saturated carbocycles. The number of carboxylic acid groups (broad SMARTS) is 1. The molecule has 0 aromatic carbocycles. The monoisotopic (exact) mass is 220 g/mol. The zero-order valence-corrected chi connectivity index (χ0v) is 8.77. The molecule has 2 aromatic rings. The van der Waals surface area contributed by atoms with E-state index in [9.17, 15) is 4.79 Å². The van der Waals surface area contributed by atoms with E-state index in [2.05, 4.69) is 20.5 Å². The second-order valence-electron chi connectivity index (χ2n) is 3.54. The van der Waals surface area contributed by atoms with E-state index in [1.165, 1.54) is 0 Å². The zero-order valence-electron chi connectivity index (χ0n) is 8.77. The van der Waals surface area contributed by atoms with E-state index in [-0.39, 0.29) is 0 Å². The molecule has 0 radical (unpaired) electrons. The number of rotatable bonds is 4. The van der Waals surface area contributed by atoms with Crippen molar-refractivity contribution in [1.29, 1.82) is 0 Å². The Morgan fingerprint density at radius 3 is 3.12 bits per heavy atom. The number of nitrogens with zero attached hydrogens (tertiary/aromatic N) is 2. The van der Waals surface area contributed by atoms with Gasteiger partial charge in [0.1, 0.15) is 6.04 Å². The minimum absolute atomic E-state index is 0.403. The first kappa shape index (κ1) is 10.6. The number of hydrogen-bond acceptors (Lipinski definition) is 4. The maximum Gasteiger partial charge on any atom is 0.321 e. The topological polar surface area (TPSA) is 90.9 Å². The zero-order chi connectivity index (χ0) is 11.5. The molecule has 1 atom stereocenters. The maximum atomic E-state index is 10.8. The van der Waals surface area contributed by atoms with Gasteiger partial charge in [0.05, 0.1) is 6.20 Å². The highest BCUT2D eigenvalue weighted by Crippen LogP contribution is 2.11. The molecule has 0 aliphatic rings. The number of aromatic amines is 1. The third kappa shape index (κ3) is 2.01. The van der Waals surface area contributed by atoms with Crippen molar-refractivity contribution in [2.75, 3.05) is 7.05 Å². The van der Waals surface area contributed by atoms with Crippen molar-refractivity contribution in [2.45, 2.75) is 12.5 Å². The Balaban J connectivity index is 2.23. The lowest BCUT2D eigenvalue weighted by Crippen LogP contribution is -2.35. The minimum atomic E-state index is -0.866. The second kappa shape index (κ2) is 4.28. The average molecular weight is 220 g/mol. The van der Waals surface area contributed by atoms with Crippen LogP contribution in [0, 0.1) is 0 Å². The van der Waals surface area contributed by atoms with E-state index in [1.54, 1.807) is 19.4 Å². The van der Waals surface area contributed by atoms with Crippen LogP contribution >= 0.6 is 0 Å². The van der Waals surface area contributed by atoms with Crippen LogP contribution in [0.1, 0.15) is 5.56 Å². The van der Waals surface area contributed by atoms with Crippen LogP contribution in [-0.2, 0) is 11.2 Å². The molecule has 6 heteroatoms. The van der Waals surface area contributed by atoms with Gasteiger partial charge in [-0.2, -0.15) is 5.10 Å². The fourth-order valence-corrected chi connectivity index (χ4v) is 1.54. The maximum absolute atomic E-state index is 10.8. The van der Waals surface area contributed by atoms with Crippen molar-refractivity contribution in [3.05, 3.63) is 24.0 Å². The van der Waals surface area contributed by atoms with E-state index in [1.807, 2.05) is 6.07 Å². The highest BCUT2D eigenvalue weighted by atomic mass is 16.4. The largest absolute Gasteiger partial charge is 0.480 e. The number of carboxylic acids is 1. The van der Waals surface area contributed by atoms with E-state index in [0.29, 0.717) is 12.1 Å². The van der Waals surface area contributed by atoms with Crippen LogP contribution in [0.3, 0.4) is 0 Å². The van der Waals surface area contributed by atoms with E-state index < -0.39 is 12.0 Å². The molecule has 0 amide bonds. The van der Waals surface area contributed by atoms with Crippen molar-refractivity contribution < 1.29 is 9.90 Å². The summed E-state index contributed by atoms with van der Waals surface area (Å²) in [5, 5.41) is 19.1. The summed E-state index contributed by atoms with van der Waals surface area (Å²) < 4.78 is 0. The molecule has 0 unspecified atom stereocenters. The molecule has 3 N–H and O–H groups in total. The van der Waals surface area contributed by atoms with Crippen molar-refractivity contribution in [3.8, 4) is 0 Å². The molecule has 0 fully saturated rings. The summed E-state index contributed by atoms with van der Waals surface area (Å²) in [7, 11) is 1.63. The van der Waals surface area contributed by atoms with Gasteiger partial charge in [-0.15, -0.1) is 0 Å². The van der Waals surface area contributed by atoms with Crippen LogP contribution in [0.5, 0.6) is 0 Å². The molecule has 0 aliphatic carbocycles. The molecular weight excluding hydrogens is 208 g/mol. The first-order valence-electron chi connectivity index (χ1n) is 4.89. The number of pyridine rings is 1. The van der Waals surface area contributed by atoms with Crippen LogP contribution in [0.4, 0.5) is 0 Å². The highest BCUT2D eigenvalue weighted by molar-refractivity contribution is 5.76. The van der Waals surface area contributed by atoms with Gasteiger partial charge in [0.25, 0.3) is 0 Å². The number of likely N-dealkylation sites (N-methyl/N-ethyl adjacent to an activating group) is 1. The lowest BCUT2D eigenvalue weighted by atomic mass is 10.1. The summed E-state index contributed by atoms with van der Waals surface area (Å²) in [6.45, 7) is 0. The summed E-state index contributed by atoms with van der Waals surface area (Å²) in [6.07, 6.45) is 3.73. The lowest BCUT2D eigenvalue weighted by Gasteiger charge is -2.10. The van der Waals surface area contributed by atoms with Gasteiger partial charge in [0, 0.05) is 11.6 Å². The van der Waals surface area contributed by atoms with Crippen molar-refractivity contribution in [2.24, 2.45) is 0 Å². The number of aliphatic carboxylic acids is 1. The first-order chi connectivity index (χ1) is 7.70. The SMILES string of the molecule is CN[C@@H](Cc1cnc2[nH]ncc2c1)C(=O)O. The van der Waals surface area contributed by atoms with E-state index in [4.69, 9.17) is 5.11 Å². The standard InChI is InChI=1S/C10H12N4O2/c1-11-8(10(15)16)3-6-2-7-5-13-14-9(7)12-4-6/h2,4-5,8,11H,3H2,1H3,(H,15,16)(H,12,13,14)/t8-/m0/s1. The Hall–Kier alpha value is -1.95. The molecule has 6 nitrogen and oxygen atoms in total. The van der Waals surface area contributed by atoms with Crippen LogP contribution in [0.25, 0.3) is 11.0 Å².